The van der Waals surface area contributed by atoms with Crippen LogP contribution < -0.4 is 10.5 Å². The highest BCUT2D eigenvalue weighted by Gasteiger charge is 2.39. The first-order chi connectivity index (χ1) is 8.45. The number of methoxy groups -OCH3 is 1. The Labute approximate surface area is 118 Å². The second kappa shape index (κ2) is 5.22. The van der Waals surface area contributed by atoms with Gasteiger partial charge in [-0.25, -0.2) is 0 Å². The molecule has 1 aromatic rings. The van der Waals surface area contributed by atoms with Crippen molar-refractivity contribution in [2.45, 2.75) is 39.2 Å². The van der Waals surface area contributed by atoms with E-state index >= 15 is 0 Å². The molecule has 1 aromatic carbocycles. The maximum absolute atomic E-state index is 6.50. The number of ether oxygens (including phenoxy) is 1. The maximum atomic E-state index is 6.50. The van der Waals surface area contributed by atoms with Gasteiger partial charge in [-0.05, 0) is 41.9 Å². The molecule has 2 N–H and O–H groups in total. The van der Waals surface area contributed by atoms with Crippen LogP contribution in [-0.4, -0.2) is 7.11 Å². The van der Waals surface area contributed by atoms with Crippen molar-refractivity contribution < 1.29 is 4.74 Å². The molecular formula is C15H22BrNO. The van der Waals surface area contributed by atoms with Gasteiger partial charge >= 0.3 is 0 Å². The van der Waals surface area contributed by atoms with Crippen molar-refractivity contribution >= 4 is 15.9 Å². The Balaban J connectivity index is 2.26. The number of rotatable bonds is 3. The van der Waals surface area contributed by atoms with Gasteiger partial charge in [0.1, 0.15) is 5.75 Å². The van der Waals surface area contributed by atoms with Crippen molar-refractivity contribution in [2.24, 2.45) is 17.1 Å². The molecule has 0 aliphatic heterocycles. The lowest BCUT2D eigenvalue weighted by molar-refractivity contribution is 0.221. The molecular weight excluding hydrogens is 290 g/mol. The van der Waals surface area contributed by atoms with Crippen LogP contribution in [0.5, 0.6) is 5.75 Å². The van der Waals surface area contributed by atoms with Crippen LogP contribution in [0.3, 0.4) is 0 Å². The zero-order valence-corrected chi connectivity index (χ0v) is 13.0. The third-order valence-electron chi connectivity index (χ3n) is 4.34. The monoisotopic (exact) mass is 311 g/mol. The Kier molecular flexibility index (Phi) is 4.02. The van der Waals surface area contributed by atoms with Crippen LogP contribution in [0.25, 0.3) is 0 Å². The fourth-order valence-electron chi connectivity index (χ4n) is 3.14. The fraction of sp³-hybridized carbons (Fsp3) is 0.600. The highest BCUT2D eigenvalue weighted by atomic mass is 79.9. The van der Waals surface area contributed by atoms with E-state index in [1.54, 1.807) is 7.11 Å². The maximum Gasteiger partial charge on any atom is 0.120 e. The number of nitrogens with two attached hydrogens (primary N) is 1. The summed E-state index contributed by atoms with van der Waals surface area (Å²) in [6.07, 6.45) is 3.80. The highest BCUT2D eigenvalue weighted by molar-refractivity contribution is 9.10. The van der Waals surface area contributed by atoms with Crippen molar-refractivity contribution in [3.8, 4) is 5.75 Å². The van der Waals surface area contributed by atoms with E-state index in [0.717, 1.165) is 10.2 Å². The van der Waals surface area contributed by atoms with E-state index in [9.17, 15) is 0 Å². The third-order valence-corrected chi connectivity index (χ3v) is 5.03. The van der Waals surface area contributed by atoms with Crippen LogP contribution in [0.2, 0.25) is 0 Å². The number of benzene rings is 1. The number of halogens is 1. The lowest BCUT2D eigenvalue weighted by atomic mass is 9.76. The summed E-state index contributed by atoms with van der Waals surface area (Å²) in [6.45, 7) is 4.67. The van der Waals surface area contributed by atoms with Gasteiger partial charge in [-0.15, -0.1) is 0 Å². The van der Waals surface area contributed by atoms with Crippen LogP contribution >= 0.6 is 15.9 Å². The van der Waals surface area contributed by atoms with Crippen molar-refractivity contribution in [1.29, 1.82) is 0 Å². The lowest BCUT2D eigenvalue weighted by Gasteiger charge is -2.32. The molecule has 0 radical (unpaired) electrons. The predicted octanol–water partition coefficient (Wildman–Crippen LogP) is 4.28. The van der Waals surface area contributed by atoms with Crippen LogP contribution in [-0.2, 0) is 0 Å². The predicted molar refractivity (Wildman–Crippen MR) is 78.7 cm³/mol. The van der Waals surface area contributed by atoms with Gasteiger partial charge < -0.3 is 10.5 Å². The average molecular weight is 312 g/mol. The van der Waals surface area contributed by atoms with Crippen LogP contribution in [0.4, 0.5) is 0 Å². The minimum absolute atomic E-state index is 0.0998. The van der Waals surface area contributed by atoms with Gasteiger partial charge in [-0.1, -0.05) is 42.3 Å². The highest BCUT2D eigenvalue weighted by Crippen LogP contribution is 2.48. The minimum atomic E-state index is 0.0998. The molecule has 1 aliphatic carbocycles. The molecule has 2 nitrogen and oxygen atoms in total. The van der Waals surface area contributed by atoms with Gasteiger partial charge in [-0.2, -0.15) is 0 Å². The van der Waals surface area contributed by atoms with Crippen molar-refractivity contribution in [2.75, 3.05) is 7.11 Å². The SMILES string of the molecule is COc1ccc(C(N)C2CCCC2(C)C)c(Br)c1. The van der Waals surface area contributed by atoms with Crippen molar-refractivity contribution in [3.05, 3.63) is 28.2 Å². The van der Waals surface area contributed by atoms with Gasteiger partial charge in [0.25, 0.3) is 0 Å². The second-order valence-corrected chi connectivity index (χ2v) is 6.75. The molecule has 2 rings (SSSR count). The molecule has 100 valence electrons. The van der Waals surface area contributed by atoms with Gasteiger partial charge in [0.15, 0.2) is 0 Å². The van der Waals surface area contributed by atoms with E-state index in [0.29, 0.717) is 11.3 Å². The molecule has 0 amide bonds. The average Bonchev–Trinajstić information content (AvgIpc) is 2.68. The molecule has 18 heavy (non-hydrogen) atoms. The van der Waals surface area contributed by atoms with E-state index < -0.39 is 0 Å². The van der Waals surface area contributed by atoms with Crippen LogP contribution in [0.1, 0.15) is 44.7 Å². The Bertz CT molecular complexity index is 431. The summed E-state index contributed by atoms with van der Waals surface area (Å²) in [4.78, 5) is 0. The topological polar surface area (TPSA) is 35.2 Å². The first-order valence-corrected chi connectivity index (χ1v) is 7.34. The molecule has 0 aromatic heterocycles. The summed E-state index contributed by atoms with van der Waals surface area (Å²) in [7, 11) is 1.68. The zero-order valence-electron chi connectivity index (χ0n) is 11.4. The number of hydrogen-bond donors (Lipinski definition) is 1. The normalized spacial score (nSPS) is 23.9. The van der Waals surface area contributed by atoms with Gasteiger partial charge in [0.2, 0.25) is 0 Å². The smallest absolute Gasteiger partial charge is 0.120 e. The first-order valence-electron chi connectivity index (χ1n) is 6.55. The van der Waals surface area contributed by atoms with E-state index in [-0.39, 0.29) is 6.04 Å². The largest absolute Gasteiger partial charge is 0.497 e. The molecule has 0 heterocycles. The molecule has 2 unspecified atom stereocenters. The van der Waals surface area contributed by atoms with E-state index in [1.165, 1.54) is 24.8 Å². The van der Waals surface area contributed by atoms with Crippen molar-refractivity contribution in [1.82, 2.24) is 0 Å². The number of hydrogen-bond acceptors (Lipinski definition) is 2. The van der Waals surface area contributed by atoms with Gasteiger partial charge in [0, 0.05) is 10.5 Å². The van der Waals surface area contributed by atoms with Crippen LogP contribution in [0, 0.1) is 11.3 Å². The second-order valence-electron chi connectivity index (χ2n) is 5.90. The van der Waals surface area contributed by atoms with E-state index in [2.05, 4.69) is 35.8 Å². The Hall–Kier alpha value is -0.540. The Morgan fingerprint density at radius 1 is 1.44 bits per heavy atom. The quantitative estimate of drug-likeness (QED) is 0.904. The molecule has 1 saturated carbocycles. The minimum Gasteiger partial charge on any atom is -0.497 e. The summed E-state index contributed by atoms with van der Waals surface area (Å²) in [5, 5.41) is 0. The molecule has 0 spiro atoms. The third kappa shape index (κ3) is 2.57. The van der Waals surface area contributed by atoms with Crippen LogP contribution in [0.15, 0.2) is 22.7 Å². The van der Waals surface area contributed by atoms with E-state index in [4.69, 9.17) is 10.5 Å². The molecule has 1 aliphatic rings. The molecule has 1 fully saturated rings. The zero-order chi connectivity index (χ0) is 13.3. The summed E-state index contributed by atoms with van der Waals surface area (Å²) in [5.74, 6) is 1.42. The summed E-state index contributed by atoms with van der Waals surface area (Å²) in [5.41, 5.74) is 8.03. The van der Waals surface area contributed by atoms with Gasteiger partial charge in [0.05, 0.1) is 7.11 Å². The molecule has 3 heteroatoms. The fourth-order valence-corrected chi connectivity index (χ4v) is 3.76. The lowest BCUT2D eigenvalue weighted by Crippen LogP contribution is -2.29. The molecule has 2 atom stereocenters. The Morgan fingerprint density at radius 3 is 2.67 bits per heavy atom. The first kappa shape index (κ1) is 13.9. The summed E-state index contributed by atoms with van der Waals surface area (Å²) >= 11 is 3.61. The standard InChI is InChI=1S/C15H22BrNO/c1-15(2)8-4-5-12(15)14(17)11-7-6-10(18-3)9-13(11)16/h6-7,9,12,14H,4-5,8,17H2,1-3H3. The van der Waals surface area contributed by atoms with Gasteiger partial charge in [-0.3, -0.25) is 0 Å². The van der Waals surface area contributed by atoms with E-state index in [1.807, 2.05) is 12.1 Å². The summed E-state index contributed by atoms with van der Waals surface area (Å²) < 4.78 is 6.28. The van der Waals surface area contributed by atoms with Crippen molar-refractivity contribution in [3.63, 3.8) is 0 Å². The Morgan fingerprint density at radius 2 is 2.17 bits per heavy atom. The summed E-state index contributed by atoms with van der Waals surface area (Å²) in [6, 6.07) is 6.17. The molecule has 0 saturated heterocycles. The molecule has 0 bridgehead atoms.